The third-order valence-corrected chi connectivity index (χ3v) is 6.69. The number of halogens is 2. The lowest BCUT2D eigenvalue weighted by atomic mass is 9.98. The van der Waals surface area contributed by atoms with Gasteiger partial charge in [-0.2, -0.15) is 4.98 Å². The Balaban J connectivity index is 1.36. The maximum atomic E-state index is 15.6. The van der Waals surface area contributed by atoms with Gasteiger partial charge in [-0.25, -0.2) is 18.6 Å². The van der Waals surface area contributed by atoms with Crippen molar-refractivity contribution in [2.24, 2.45) is 15.7 Å². The summed E-state index contributed by atoms with van der Waals surface area (Å²) in [6.07, 6.45) is 1.40. The summed E-state index contributed by atoms with van der Waals surface area (Å²) in [7, 11) is 1.60. The minimum atomic E-state index is -1.11. The molecular formula is C32H27F2N5O4. The maximum absolute atomic E-state index is 15.6. The maximum Gasteiger partial charge on any atom is 0.336 e. The summed E-state index contributed by atoms with van der Waals surface area (Å²) in [6, 6.07) is 19.7. The van der Waals surface area contributed by atoms with E-state index in [-0.39, 0.29) is 33.9 Å². The summed E-state index contributed by atoms with van der Waals surface area (Å²) in [5, 5.41) is 9.35. The van der Waals surface area contributed by atoms with Gasteiger partial charge in [-0.1, -0.05) is 54.6 Å². The number of H-pyrrole nitrogens is 1. The molecule has 0 fully saturated rings. The molecule has 9 nitrogen and oxygen atoms in total. The van der Waals surface area contributed by atoms with E-state index in [0.29, 0.717) is 30.1 Å². The van der Waals surface area contributed by atoms with Crippen molar-refractivity contribution in [2.75, 3.05) is 20.3 Å². The van der Waals surface area contributed by atoms with E-state index in [4.69, 9.17) is 15.2 Å². The first-order valence-electron chi connectivity index (χ1n) is 13.2. The normalized spacial score (nSPS) is 11.9. The number of rotatable bonds is 10. The number of hydrogen-bond acceptors (Lipinski definition) is 5. The van der Waals surface area contributed by atoms with E-state index in [9.17, 15) is 9.90 Å². The van der Waals surface area contributed by atoms with Gasteiger partial charge in [0.1, 0.15) is 29.3 Å². The molecule has 5 rings (SSSR count). The molecule has 0 saturated heterocycles. The van der Waals surface area contributed by atoms with Gasteiger partial charge in [0.25, 0.3) is 6.01 Å². The number of methoxy groups -OCH3 is 1. The van der Waals surface area contributed by atoms with E-state index in [1.54, 1.807) is 50.4 Å². The van der Waals surface area contributed by atoms with Crippen molar-refractivity contribution in [3.63, 3.8) is 0 Å². The number of aromatic carboxylic acids is 1. The first-order valence-corrected chi connectivity index (χ1v) is 13.2. The molecule has 0 aliphatic heterocycles. The van der Waals surface area contributed by atoms with Gasteiger partial charge in [0.05, 0.1) is 29.8 Å². The van der Waals surface area contributed by atoms with Crippen LogP contribution >= 0.6 is 0 Å². The van der Waals surface area contributed by atoms with Crippen LogP contribution in [0, 0.1) is 18.6 Å². The molecule has 0 saturated carbocycles. The highest BCUT2D eigenvalue weighted by atomic mass is 19.1. The summed E-state index contributed by atoms with van der Waals surface area (Å²) >= 11 is 0. The number of nitrogens with two attached hydrogens (primary N) is 1. The van der Waals surface area contributed by atoms with Gasteiger partial charge in [-0.3, -0.25) is 4.99 Å². The number of nitrogens with zero attached hydrogens (tertiary/aromatic N) is 3. The third kappa shape index (κ3) is 6.41. The predicted molar refractivity (Wildman–Crippen MR) is 161 cm³/mol. The number of hydrogen-bond donors (Lipinski definition) is 3. The zero-order valence-electron chi connectivity index (χ0n) is 23.3. The Morgan fingerprint density at radius 1 is 1.02 bits per heavy atom. The Bertz CT molecular complexity index is 1850. The molecule has 43 heavy (non-hydrogen) atoms. The number of aryl methyl sites for hydroxylation is 1. The van der Waals surface area contributed by atoms with Crippen LogP contribution < -0.4 is 10.5 Å². The van der Waals surface area contributed by atoms with Gasteiger partial charge in [-0.15, -0.1) is 0 Å². The standard InChI is InChI=1S/C32H27F2N5O4/c1-18-3-12-23(15-24(18)31(40)41)43-32-38-26-16-25(33)27(28(34)29(26)39-32)21-8-4-19(5-9-21)20-6-10-22(11-7-20)30(35)37-17-36-13-14-42-2/h3-12,15-17H,13-14H2,1-2H3,(H,38,39)(H,40,41)(H2,35,36,37). The lowest BCUT2D eigenvalue weighted by Gasteiger charge is -2.08. The van der Waals surface area contributed by atoms with Gasteiger partial charge in [0, 0.05) is 18.7 Å². The average molecular weight is 584 g/mol. The van der Waals surface area contributed by atoms with Crippen molar-refractivity contribution in [1.29, 1.82) is 0 Å². The number of nitrogens with one attached hydrogen (secondary N) is 1. The van der Waals surface area contributed by atoms with E-state index < -0.39 is 17.6 Å². The van der Waals surface area contributed by atoms with E-state index in [2.05, 4.69) is 20.0 Å². The van der Waals surface area contributed by atoms with Crippen LogP contribution in [0.15, 0.2) is 82.8 Å². The van der Waals surface area contributed by atoms with Crippen LogP contribution in [0.4, 0.5) is 8.78 Å². The Kier molecular flexibility index (Phi) is 8.54. The van der Waals surface area contributed by atoms with Crippen molar-refractivity contribution < 1.29 is 28.2 Å². The van der Waals surface area contributed by atoms with Crippen molar-refractivity contribution in [1.82, 2.24) is 9.97 Å². The molecular weight excluding hydrogens is 556 g/mol. The fourth-order valence-electron chi connectivity index (χ4n) is 4.42. The molecule has 4 aromatic carbocycles. The summed E-state index contributed by atoms with van der Waals surface area (Å²) < 4.78 is 41.3. The minimum absolute atomic E-state index is 0.0601. The number of ether oxygens (including phenoxy) is 2. The zero-order chi connectivity index (χ0) is 30.5. The van der Waals surface area contributed by atoms with Crippen LogP contribution in [0.2, 0.25) is 0 Å². The second kappa shape index (κ2) is 12.6. The number of fused-ring (bicyclic) bond motifs is 1. The molecule has 0 unspecified atom stereocenters. The number of carboxylic acids is 1. The van der Waals surface area contributed by atoms with Crippen molar-refractivity contribution in [3.8, 4) is 34.0 Å². The van der Waals surface area contributed by atoms with Crippen molar-refractivity contribution in [2.45, 2.75) is 6.92 Å². The Morgan fingerprint density at radius 2 is 1.70 bits per heavy atom. The molecule has 0 radical (unpaired) electrons. The van der Waals surface area contributed by atoms with E-state index in [1.165, 1.54) is 12.4 Å². The number of aromatic amines is 1. The summed E-state index contributed by atoms with van der Waals surface area (Å²) in [5.41, 5.74) is 9.17. The number of aliphatic imine (C=N–C) groups is 2. The number of carbonyl (C=O) groups is 1. The molecule has 4 N–H and O–H groups in total. The van der Waals surface area contributed by atoms with Crippen LogP contribution in [-0.4, -0.2) is 53.5 Å². The highest BCUT2D eigenvalue weighted by Gasteiger charge is 2.20. The van der Waals surface area contributed by atoms with Gasteiger partial charge in [0.15, 0.2) is 5.82 Å². The molecule has 5 aromatic rings. The zero-order valence-corrected chi connectivity index (χ0v) is 23.3. The van der Waals surface area contributed by atoms with Gasteiger partial charge in [0.2, 0.25) is 0 Å². The van der Waals surface area contributed by atoms with E-state index in [0.717, 1.165) is 22.8 Å². The molecule has 0 atom stereocenters. The SMILES string of the molecule is COCCN=CN=C(N)c1ccc(-c2ccc(-c3c(F)cc4[nH]c(Oc5ccc(C)c(C(=O)O)c5)nc4c3F)cc2)cc1. The molecule has 1 aromatic heterocycles. The Hall–Kier alpha value is -5.42. The van der Waals surface area contributed by atoms with Crippen molar-refractivity contribution in [3.05, 3.63) is 101 Å². The number of benzene rings is 4. The van der Waals surface area contributed by atoms with Crippen LogP contribution in [0.25, 0.3) is 33.3 Å². The van der Waals surface area contributed by atoms with Crippen LogP contribution in [0.3, 0.4) is 0 Å². The van der Waals surface area contributed by atoms with Crippen LogP contribution in [-0.2, 0) is 4.74 Å². The van der Waals surface area contributed by atoms with E-state index >= 15 is 8.78 Å². The summed E-state index contributed by atoms with van der Waals surface area (Å²) in [4.78, 5) is 26.5. The highest BCUT2D eigenvalue weighted by Crippen LogP contribution is 2.34. The minimum Gasteiger partial charge on any atom is -0.478 e. The third-order valence-electron chi connectivity index (χ3n) is 6.69. The smallest absolute Gasteiger partial charge is 0.336 e. The lowest BCUT2D eigenvalue weighted by molar-refractivity contribution is 0.0695. The summed E-state index contributed by atoms with van der Waals surface area (Å²) in [5.74, 6) is -2.23. The monoisotopic (exact) mass is 583 g/mol. The predicted octanol–water partition coefficient (Wildman–Crippen LogP) is 6.35. The number of amidine groups is 1. The lowest BCUT2D eigenvalue weighted by Crippen LogP contribution is -2.13. The second-order valence-corrected chi connectivity index (χ2v) is 9.55. The first-order chi connectivity index (χ1) is 20.7. The quantitative estimate of drug-likeness (QED) is 0.0996. The number of carboxylic acid groups (broad SMARTS) is 1. The second-order valence-electron chi connectivity index (χ2n) is 9.55. The molecule has 0 amide bonds. The largest absolute Gasteiger partial charge is 0.478 e. The number of aromatic nitrogens is 2. The Labute approximate surface area is 245 Å². The molecule has 218 valence electrons. The van der Waals surface area contributed by atoms with Gasteiger partial charge < -0.3 is 25.3 Å². The molecule has 11 heteroatoms. The number of imidazole rings is 1. The van der Waals surface area contributed by atoms with Crippen molar-refractivity contribution >= 4 is 29.2 Å². The fraction of sp³-hybridized carbons (Fsp3) is 0.125. The topological polar surface area (TPSA) is 135 Å². The molecule has 0 aliphatic rings. The molecule has 1 heterocycles. The average Bonchev–Trinajstić information content (AvgIpc) is 3.40. The Morgan fingerprint density at radius 3 is 2.37 bits per heavy atom. The molecule has 0 bridgehead atoms. The molecule has 0 spiro atoms. The first kappa shape index (κ1) is 29.1. The van der Waals surface area contributed by atoms with Crippen LogP contribution in [0.5, 0.6) is 11.8 Å². The van der Waals surface area contributed by atoms with E-state index in [1.807, 2.05) is 24.3 Å². The van der Waals surface area contributed by atoms with Crippen LogP contribution in [0.1, 0.15) is 21.5 Å². The molecule has 0 aliphatic carbocycles. The highest BCUT2D eigenvalue weighted by molar-refractivity contribution is 6.01. The summed E-state index contributed by atoms with van der Waals surface area (Å²) in [6.45, 7) is 2.65. The van der Waals surface area contributed by atoms with Gasteiger partial charge in [-0.05, 0) is 41.3 Å². The fourth-order valence-corrected chi connectivity index (χ4v) is 4.42. The van der Waals surface area contributed by atoms with Gasteiger partial charge >= 0.3 is 5.97 Å².